The van der Waals surface area contributed by atoms with Crippen molar-refractivity contribution in [1.82, 2.24) is 0 Å². The van der Waals surface area contributed by atoms with Crippen molar-refractivity contribution < 1.29 is 22.7 Å². The number of halogens is 4. The second-order valence-electron chi connectivity index (χ2n) is 3.63. The molecule has 18 heavy (non-hydrogen) atoms. The summed E-state index contributed by atoms with van der Waals surface area (Å²) in [4.78, 5) is 11.5. The van der Waals surface area contributed by atoms with E-state index in [0.29, 0.717) is 10.2 Å². The van der Waals surface area contributed by atoms with Crippen LogP contribution in [-0.4, -0.2) is 18.8 Å². The number of nitrogen functional groups attached to an aromatic ring is 1. The number of benzene rings is 1. The molecule has 0 amide bonds. The first-order chi connectivity index (χ1) is 8.28. The highest BCUT2D eigenvalue weighted by molar-refractivity contribution is 9.10. The van der Waals surface area contributed by atoms with Gasteiger partial charge in [0.15, 0.2) is 0 Å². The number of anilines is 1. The van der Waals surface area contributed by atoms with Crippen LogP contribution in [0.25, 0.3) is 0 Å². The van der Waals surface area contributed by atoms with Gasteiger partial charge in [0.1, 0.15) is 0 Å². The maximum Gasteiger partial charge on any atom is 0.389 e. The zero-order chi connectivity index (χ0) is 13.8. The lowest BCUT2D eigenvalue weighted by molar-refractivity contribution is -0.137. The number of hydrogen-bond acceptors (Lipinski definition) is 3. The molecule has 1 aromatic carbocycles. The smallest absolute Gasteiger partial charge is 0.389 e. The highest BCUT2D eigenvalue weighted by atomic mass is 79.9. The molecule has 1 rings (SSSR count). The second-order valence-corrected chi connectivity index (χ2v) is 4.54. The van der Waals surface area contributed by atoms with Gasteiger partial charge < -0.3 is 10.5 Å². The van der Waals surface area contributed by atoms with Crippen molar-refractivity contribution in [3.8, 4) is 0 Å². The van der Waals surface area contributed by atoms with E-state index < -0.39 is 18.6 Å². The van der Waals surface area contributed by atoms with Crippen LogP contribution >= 0.6 is 15.9 Å². The molecule has 0 atom stereocenters. The summed E-state index contributed by atoms with van der Waals surface area (Å²) in [5.74, 6) is -0.690. The van der Waals surface area contributed by atoms with E-state index in [9.17, 15) is 18.0 Å². The Kier molecular flexibility index (Phi) is 5.01. The van der Waals surface area contributed by atoms with Crippen LogP contribution in [0.4, 0.5) is 18.9 Å². The number of carbonyl (C=O) groups excluding carboxylic acids is 1. The largest absolute Gasteiger partial charge is 0.462 e. The summed E-state index contributed by atoms with van der Waals surface area (Å²) in [6.07, 6.45) is -5.45. The van der Waals surface area contributed by atoms with E-state index in [1.54, 1.807) is 6.07 Å². The third-order valence-electron chi connectivity index (χ3n) is 1.99. The predicted octanol–water partition coefficient (Wildman–Crippen LogP) is 3.53. The standard InChI is InChI=1S/C11H11BrF3NO2/c12-8-4-7(5-9(16)6-8)10(17)18-3-1-2-11(13,14)15/h4-6H,1-3,16H2. The molecule has 0 aromatic heterocycles. The molecule has 0 saturated heterocycles. The Bertz CT molecular complexity index is 415. The number of hydrogen-bond donors (Lipinski definition) is 1. The maximum atomic E-state index is 11.8. The van der Waals surface area contributed by atoms with Crippen molar-refractivity contribution in [2.45, 2.75) is 19.0 Å². The van der Waals surface area contributed by atoms with Crippen molar-refractivity contribution in [2.24, 2.45) is 0 Å². The molecule has 0 radical (unpaired) electrons. The predicted molar refractivity (Wildman–Crippen MR) is 64.1 cm³/mol. The Hall–Kier alpha value is -1.24. The fraction of sp³-hybridized carbons (Fsp3) is 0.364. The third-order valence-corrected chi connectivity index (χ3v) is 2.45. The monoisotopic (exact) mass is 325 g/mol. The Labute approximate surface area is 110 Å². The molecular weight excluding hydrogens is 315 g/mol. The third kappa shape index (κ3) is 5.39. The Morgan fingerprint density at radius 3 is 2.56 bits per heavy atom. The first kappa shape index (κ1) is 14.8. The van der Waals surface area contributed by atoms with Crippen LogP contribution in [0.5, 0.6) is 0 Å². The zero-order valence-electron chi connectivity index (χ0n) is 9.26. The summed E-state index contributed by atoms with van der Waals surface area (Å²) in [7, 11) is 0. The summed E-state index contributed by atoms with van der Waals surface area (Å²) in [6.45, 7) is -0.273. The minimum absolute atomic E-state index is 0.203. The van der Waals surface area contributed by atoms with Crippen LogP contribution in [-0.2, 0) is 4.74 Å². The fourth-order valence-electron chi connectivity index (χ4n) is 1.25. The minimum atomic E-state index is -4.23. The molecule has 0 bridgehead atoms. The molecule has 2 N–H and O–H groups in total. The average Bonchev–Trinajstić information content (AvgIpc) is 2.21. The van der Waals surface area contributed by atoms with Gasteiger partial charge in [-0.2, -0.15) is 13.2 Å². The van der Waals surface area contributed by atoms with E-state index in [-0.39, 0.29) is 18.6 Å². The Balaban J connectivity index is 2.46. The van der Waals surface area contributed by atoms with Crippen molar-refractivity contribution >= 4 is 27.6 Å². The summed E-state index contributed by atoms with van der Waals surface area (Å²) in [6, 6.07) is 4.49. The molecule has 7 heteroatoms. The lowest BCUT2D eigenvalue weighted by Gasteiger charge is -2.07. The molecule has 0 aliphatic carbocycles. The number of alkyl halides is 3. The number of carbonyl (C=O) groups is 1. The highest BCUT2D eigenvalue weighted by Crippen LogP contribution is 2.21. The fourth-order valence-corrected chi connectivity index (χ4v) is 1.76. The molecule has 0 fully saturated rings. The van der Waals surface area contributed by atoms with Crippen LogP contribution in [0.1, 0.15) is 23.2 Å². The Morgan fingerprint density at radius 1 is 1.33 bits per heavy atom. The Morgan fingerprint density at radius 2 is 2.00 bits per heavy atom. The SMILES string of the molecule is Nc1cc(Br)cc(C(=O)OCCCC(F)(F)F)c1. The van der Waals surface area contributed by atoms with Gasteiger partial charge in [0, 0.05) is 16.6 Å². The van der Waals surface area contributed by atoms with Crippen molar-refractivity contribution in [3.05, 3.63) is 28.2 Å². The van der Waals surface area contributed by atoms with Crippen LogP contribution in [0.3, 0.4) is 0 Å². The van der Waals surface area contributed by atoms with Crippen molar-refractivity contribution in [2.75, 3.05) is 12.3 Å². The van der Waals surface area contributed by atoms with Gasteiger partial charge in [0.2, 0.25) is 0 Å². The van der Waals surface area contributed by atoms with Gasteiger partial charge in [-0.05, 0) is 24.6 Å². The lowest BCUT2D eigenvalue weighted by atomic mass is 10.2. The summed E-state index contributed by atoms with van der Waals surface area (Å²) in [5, 5.41) is 0. The van der Waals surface area contributed by atoms with Crippen LogP contribution in [0.2, 0.25) is 0 Å². The first-order valence-corrected chi connectivity index (χ1v) is 5.87. The van der Waals surface area contributed by atoms with Crippen LogP contribution in [0.15, 0.2) is 22.7 Å². The molecule has 0 aliphatic rings. The van der Waals surface area contributed by atoms with Gasteiger partial charge in [-0.1, -0.05) is 15.9 Å². The number of nitrogens with two attached hydrogens (primary N) is 1. The topological polar surface area (TPSA) is 52.3 Å². The highest BCUT2D eigenvalue weighted by Gasteiger charge is 2.26. The van der Waals surface area contributed by atoms with Gasteiger partial charge >= 0.3 is 12.1 Å². The molecule has 100 valence electrons. The van der Waals surface area contributed by atoms with Gasteiger partial charge in [-0.15, -0.1) is 0 Å². The summed E-state index contributed by atoms with van der Waals surface area (Å²) in [5.41, 5.74) is 6.09. The van der Waals surface area contributed by atoms with E-state index >= 15 is 0 Å². The number of rotatable bonds is 4. The minimum Gasteiger partial charge on any atom is -0.462 e. The van der Waals surface area contributed by atoms with Crippen molar-refractivity contribution in [1.29, 1.82) is 0 Å². The van der Waals surface area contributed by atoms with E-state index in [0.717, 1.165) is 0 Å². The van der Waals surface area contributed by atoms with E-state index in [4.69, 9.17) is 10.5 Å². The lowest BCUT2D eigenvalue weighted by Crippen LogP contribution is -2.11. The quantitative estimate of drug-likeness (QED) is 0.523. The van der Waals surface area contributed by atoms with E-state index in [1.807, 2.05) is 0 Å². The van der Waals surface area contributed by atoms with Gasteiger partial charge in [0.05, 0.1) is 12.2 Å². The molecule has 0 aliphatic heterocycles. The van der Waals surface area contributed by atoms with Crippen LogP contribution in [0, 0.1) is 0 Å². The van der Waals surface area contributed by atoms with Crippen LogP contribution < -0.4 is 5.73 Å². The normalized spacial score (nSPS) is 11.3. The van der Waals surface area contributed by atoms with Gasteiger partial charge in [-0.25, -0.2) is 4.79 Å². The van der Waals surface area contributed by atoms with Crippen molar-refractivity contribution in [3.63, 3.8) is 0 Å². The molecular formula is C11H11BrF3NO2. The molecule has 0 saturated carbocycles. The zero-order valence-corrected chi connectivity index (χ0v) is 10.8. The number of esters is 1. The number of ether oxygens (including phenoxy) is 1. The maximum absolute atomic E-state index is 11.8. The first-order valence-electron chi connectivity index (χ1n) is 5.08. The molecule has 0 unspecified atom stereocenters. The van der Waals surface area contributed by atoms with Gasteiger partial charge in [-0.3, -0.25) is 0 Å². The van der Waals surface area contributed by atoms with E-state index in [1.165, 1.54) is 12.1 Å². The molecule has 1 aromatic rings. The summed E-state index contributed by atoms with van der Waals surface area (Å²) >= 11 is 3.15. The molecule has 0 heterocycles. The molecule has 0 spiro atoms. The molecule has 3 nitrogen and oxygen atoms in total. The average molecular weight is 326 g/mol. The summed E-state index contributed by atoms with van der Waals surface area (Å²) < 4.78 is 40.9. The van der Waals surface area contributed by atoms with Gasteiger partial charge in [0.25, 0.3) is 0 Å². The van der Waals surface area contributed by atoms with E-state index in [2.05, 4.69) is 15.9 Å². The second kappa shape index (κ2) is 6.08.